The summed E-state index contributed by atoms with van der Waals surface area (Å²) in [4.78, 5) is 12.4. The molecule has 2 aromatic rings. The molecule has 1 heterocycles. The first kappa shape index (κ1) is 19.6. The predicted octanol–water partition coefficient (Wildman–Crippen LogP) is 4.35. The first-order valence-corrected chi connectivity index (χ1v) is 9.56. The van der Waals surface area contributed by atoms with E-state index in [1.807, 2.05) is 19.1 Å². The minimum Gasteiger partial charge on any atom is -0.486 e. The molecule has 144 valence electrons. The van der Waals surface area contributed by atoms with Gasteiger partial charge in [-0.1, -0.05) is 22.0 Å². The highest BCUT2D eigenvalue weighted by atomic mass is 79.9. The number of carbonyl (C=O) groups excluding carboxylic acids is 1. The average molecular weight is 437 g/mol. The lowest BCUT2D eigenvalue weighted by molar-refractivity contribution is -0.117. The molecule has 27 heavy (non-hydrogen) atoms. The van der Waals surface area contributed by atoms with Crippen LogP contribution in [0, 0.1) is 12.7 Å². The Hall–Kier alpha value is -2.12. The zero-order valence-corrected chi connectivity index (χ0v) is 17.0. The summed E-state index contributed by atoms with van der Waals surface area (Å²) < 4.78 is 25.7. The fourth-order valence-corrected chi connectivity index (χ4v) is 3.54. The van der Waals surface area contributed by atoms with Crippen LogP contribution < -0.4 is 20.1 Å². The van der Waals surface area contributed by atoms with E-state index in [9.17, 15) is 9.18 Å². The molecule has 0 bridgehead atoms. The topological polar surface area (TPSA) is 59.6 Å². The normalized spacial score (nSPS) is 15.1. The quantitative estimate of drug-likeness (QED) is 0.731. The van der Waals surface area contributed by atoms with Crippen LogP contribution in [0.5, 0.6) is 11.5 Å². The summed E-state index contributed by atoms with van der Waals surface area (Å²) in [5, 5.41) is 5.99. The van der Waals surface area contributed by atoms with E-state index in [0.717, 1.165) is 10.0 Å². The van der Waals surface area contributed by atoms with E-state index >= 15 is 0 Å². The smallest absolute Gasteiger partial charge is 0.241 e. The van der Waals surface area contributed by atoms with Gasteiger partial charge in [-0.05, 0) is 56.2 Å². The molecule has 0 fully saturated rings. The SMILES string of the molecule is Cc1ccc(NC(=O)C(C)NC(C)c2cc3c(cc2Br)OCCO3)cc1F. The van der Waals surface area contributed by atoms with Gasteiger partial charge in [0.25, 0.3) is 0 Å². The molecule has 0 aliphatic carbocycles. The third-order valence-electron chi connectivity index (χ3n) is 4.46. The van der Waals surface area contributed by atoms with E-state index in [0.29, 0.717) is 36.0 Å². The highest BCUT2D eigenvalue weighted by molar-refractivity contribution is 9.10. The van der Waals surface area contributed by atoms with Gasteiger partial charge in [-0.3, -0.25) is 10.1 Å². The van der Waals surface area contributed by atoms with Crippen LogP contribution >= 0.6 is 15.9 Å². The molecule has 0 radical (unpaired) electrons. The van der Waals surface area contributed by atoms with Gasteiger partial charge in [-0.2, -0.15) is 0 Å². The summed E-state index contributed by atoms with van der Waals surface area (Å²) in [6, 6.07) is 7.83. The van der Waals surface area contributed by atoms with Gasteiger partial charge in [-0.25, -0.2) is 4.39 Å². The van der Waals surface area contributed by atoms with Crippen molar-refractivity contribution in [3.8, 4) is 11.5 Å². The Morgan fingerprint density at radius 1 is 1.15 bits per heavy atom. The van der Waals surface area contributed by atoms with Crippen molar-refractivity contribution < 1.29 is 18.7 Å². The number of hydrogen-bond acceptors (Lipinski definition) is 4. The van der Waals surface area contributed by atoms with E-state index < -0.39 is 6.04 Å². The molecule has 1 aliphatic rings. The van der Waals surface area contributed by atoms with Crippen molar-refractivity contribution in [1.29, 1.82) is 0 Å². The number of amides is 1. The second-order valence-electron chi connectivity index (χ2n) is 6.58. The summed E-state index contributed by atoms with van der Waals surface area (Å²) in [6.45, 7) is 6.46. The molecule has 0 spiro atoms. The Bertz CT molecular complexity index is 859. The highest BCUT2D eigenvalue weighted by Gasteiger charge is 2.21. The van der Waals surface area contributed by atoms with Gasteiger partial charge in [0.1, 0.15) is 19.0 Å². The third kappa shape index (κ3) is 4.59. The van der Waals surface area contributed by atoms with Crippen molar-refractivity contribution in [3.05, 3.63) is 51.7 Å². The van der Waals surface area contributed by atoms with Crippen molar-refractivity contribution in [2.45, 2.75) is 32.9 Å². The largest absolute Gasteiger partial charge is 0.486 e. The van der Waals surface area contributed by atoms with E-state index in [1.54, 1.807) is 26.0 Å². The van der Waals surface area contributed by atoms with Crippen LogP contribution in [0.2, 0.25) is 0 Å². The Labute approximate surface area is 166 Å². The first-order chi connectivity index (χ1) is 12.8. The van der Waals surface area contributed by atoms with Gasteiger partial charge >= 0.3 is 0 Å². The van der Waals surface area contributed by atoms with Crippen LogP contribution in [0.3, 0.4) is 0 Å². The predicted molar refractivity (Wildman–Crippen MR) is 106 cm³/mol. The van der Waals surface area contributed by atoms with Crippen molar-refractivity contribution >= 4 is 27.5 Å². The van der Waals surface area contributed by atoms with Crippen molar-refractivity contribution in [2.75, 3.05) is 18.5 Å². The Morgan fingerprint density at radius 2 is 1.81 bits per heavy atom. The maximum absolute atomic E-state index is 13.7. The Morgan fingerprint density at radius 3 is 2.48 bits per heavy atom. The molecule has 2 aromatic carbocycles. The molecule has 0 saturated carbocycles. The number of rotatable bonds is 5. The zero-order chi connectivity index (χ0) is 19.6. The first-order valence-electron chi connectivity index (χ1n) is 8.77. The molecule has 3 rings (SSSR count). The molecule has 0 saturated heterocycles. The molecule has 2 atom stereocenters. The maximum Gasteiger partial charge on any atom is 0.241 e. The molecule has 2 unspecified atom stereocenters. The number of carbonyl (C=O) groups is 1. The molecule has 1 amide bonds. The number of anilines is 1. The van der Waals surface area contributed by atoms with Gasteiger partial charge in [0.05, 0.1) is 6.04 Å². The second-order valence-corrected chi connectivity index (χ2v) is 7.43. The van der Waals surface area contributed by atoms with Crippen LogP contribution in [0.4, 0.5) is 10.1 Å². The molecule has 7 heteroatoms. The fourth-order valence-electron chi connectivity index (χ4n) is 2.87. The monoisotopic (exact) mass is 436 g/mol. The number of hydrogen-bond donors (Lipinski definition) is 2. The summed E-state index contributed by atoms with van der Waals surface area (Å²) in [5.74, 6) is 0.817. The Balaban J connectivity index is 1.67. The minimum absolute atomic E-state index is 0.120. The number of fused-ring (bicyclic) bond motifs is 1. The summed E-state index contributed by atoms with van der Waals surface area (Å²) >= 11 is 3.55. The molecular weight excluding hydrogens is 415 g/mol. The molecule has 0 aromatic heterocycles. The Kier molecular flexibility index (Phi) is 6.01. The minimum atomic E-state index is -0.482. The van der Waals surface area contributed by atoms with Gasteiger partial charge in [0.2, 0.25) is 5.91 Å². The number of ether oxygens (including phenoxy) is 2. The lowest BCUT2D eigenvalue weighted by Gasteiger charge is -2.24. The second kappa shape index (κ2) is 8.27. The van der Waals surface area contributed by atoms with E-state index in [1.165, 1.54) is 6.07 Å². The summed E-state index contributed by atoms with van der Waals surface area (Å²) in [6.07, 6.45) is 0. The number of aryl methyl sites for hydroxylation is 1. The molecule has 5 nitrogen and oxygen atoms in total. The standard InChI is InChI=1S/C20H22BrFN2O3/c1-11-4-5-14(8-17(11)22)24-20(25)13(3)23-12(2)15-9-18-19(10-16(15)21)27-7-6-26-18/h4-5,8-10,12-13,23H,6-7H2,1-3H3,(H,24,25). The van der Waals surface area contributed by atoms with Crippen molar-refractivity contribution in [1.82, 2.24) is 5.32 Å². The van der Waals surface area contributed by atoms with E-state index in [-0.39, 0.29) is 17.8 Å². The van der Waals surface area contributed by atoms with Crippen LogP contribution in [-0.4, -0.2) is 25.2 Å². The third-order valence-corrected chi connectivity index (χ3v) is 5.15. The lowest BCUT2D eigenvalue weighted by atomic mass is 10.1. The van der Waals surface area contributed by atoms with Gasteiger partial charge in [0.15, 0.2) is 11.5 Å². The van der Waals surface area contributed by atoms with Gasteiger partial charge in [0, 0.05) is 16.2 Å². The van der Waals surface area contributed by atoms with Gasteiger partial charge in [-0.15, -0.1) is 0 Å². The molecular formula is C20H22BrFN2O3. The zero-order valence-electron chi connectivity index (χ0n) is 15.4. The molecule has 1 aliphatic heterocycles. The van der Waals surface area contributed by atoms with Crippen molar-refractivity contribution in [3.63, 3.8) is 0 Å². The van der Waals surface area contributed by atoms with Gasteiger partial charge < -0.3 is 14.8 Å². The average Bonchev–Trinajstić information content (AvgIpc) is 2.64. The maximum atomic E-state index is 13.7. The van der Waals surface area contributed by atoms with E-state index in [4.69, 9.17) is 9.47 Å². The number of halogens is 2. The van der Waals surface area contributed by atoms with Crippen molar-refractivity contribution in [2.24, 2.45) is 0 Å². The van der Waals surface area contributed by atoms with E-state index in [2.05, 4.69) is 26.6 Å². The van der Waals surface area contributed by atoms with Crippen LogP contribution in [0.25, 0.3) is 0 Å². The lowest BCUT2D eigenvalue weighted by Crippen LogP contribution is -2.39. The summed E-state index contributed by atoms with van der Waals surface area (Å²) in [7, 11) is 0. The summed E-state index contributed by atoms with van der Waals surface area (Å²) in [5.41, 5.74) is 1.93. The fraction of sp³-hybridized carbons (Fsp3) is 0.350. The highest BCUT2D eigenvalue weighted by Crippen LogP contribution is 2.37. The molecule has 2 N–H and O–H groups in total. The number of benzene rings is 2. The number of nitrogens with one attached hydrogen (secondary N) is 2. The van der Waals surface area contributed by atoms with Crippen LogP contribution in [-0.2, 0) is 4.79 Å². The van der Waals surface area contributed by atoms with Crippen LogP contribution in [0.15, 0.2) is 34.8 Å². The van der Waals surface area contributed by atoms with Crippen LogP contribution in [0.1, 0.15) is 31.0 Å².